The van der Waals surface area contributed by atoms with Gasteiger partial charge in [-0.15, -0.1) is 0 Å². The first-order valence-electron chi connectivity index (χ1n) is 6.97. The van der Waals surface area contributed by atoms with Gasteiger partial charge in [0.05, 0.1) is 0 Å². The number of hydrogen-bond donors (Lipinski definition) is 3. The zero-order chi connectivity index (χ0) is 14.5. The molecule has 0 bridgehead atoms. The Morgan fingerprint density at radius 1 is 1.35 bits per heavy atom. The third-order valence-electron chi connectivity index (χ3n) is 3.92. The highest BCUT2D eigenvalue weighted by Crippen LogP contribution is 2.26. The SMILES string of the molecule is O=C(NC1CCCCC1CO)[C@H](O)c1ccccc1Cl. The number of carbonyl (C=O) groups is 1. The van der Waals surface area contributed by atoms with Crippen molar-refractivity contribution in [3.8, 4) is 0 Å². The number of carbonyl (C=O) groups excluding carboxylic acids is 1. The Hall–Kier alpha value is -1.10. The van der Waals surface area contributed by atoms with Crippen LogP contribution in [0.5, 0.6) is 0 Å². The van der Waals surface area contributed by atoms with Crippen LogP contribution in [0.4, 0.5) is 0 Å². The molecule has 0 heterocycles. The van der Waals surface area contributed by atoms with E-state index in [9.17, 15) is 15.0 Å². The van der Waals surface area contributed by atoms with Crippen molar-refractivity contribution in [2.45, 2.75) is 37.8 Å². The van der Waals surface area contributed by atoms with Gasteiger partial charge in [0.25, 0.3) is 5.91 Å². The van der Waals surface area contributed by atoms with Crippen molar-refractivity contribution in [1.29, 1.82) is 0 Å². The summed E-state index contributed by atoms with van der Waals surface area (Å²) in [7, 11) is 0. The molecule has 1 saturated carbocycles. The van der Waals surface area contributed by atoms with Crippen molar-refractivity contribution in [3.63, 3.8) is 0 Å². The second-order valence-electron chi connectivity index (χ2n) is 5.27. The molecule has 0 saturated heterocycles. The van der Waals surface area contributed by atoms with Crippen molar-refractivity contribution in [2.75, 3.05) is 6.61 Å². The summed E-state index contributed by atoms with van der Waals surface area (Å²) in [5.74, 6) is -0.380. The molecule has 5 heteroatoms. The molecule has 110 valence electrons. The lowest BCUT2D eigenvalue weighted by molar-refractivity contribution is -0.131. The molecule has 4 nitrogen and oxygen atoms in total. The van der Waals surface area contributed by atoms with Crippen LogP contribution in [-0.4, -0.2) is 28.8 Å². The van der Waals surface area contributed by atoms with Crippen LogP contribution >= 0.6 is 11.6 Å². The van der Waals surface area contributed by atoms with Crippen molar-refractivity contribution in [2.24, 2.45) is 5.92 Å². The van der Waals surface area contributed by atoms with E-state index in [1.165, 1.54) is 0 Å². The minimum absolute atomic E-state index is 0.0626. The third-order valence-corrected chi connectivity index (χ3v) is 4.26. The van der Waals surface area contributed by atoms with Crippen molar-refractivity contribution < 1.29 is 15.0 Å². The van der Waals surface area contributed by atoms with E-state index in [0.717, 1.165) is 25.7 Å². The van der Waals surface area contributed by atoms with Gasteiger partial charge in [-0.25, -0.2) is 0 Å². The van der Waals surface area contributed by atoms with Crippen LogP contribution < -0.4 is 5.32 Å². The van der Waals surface area contributed by atoms with Gasteiger partial charge in [0.2, 0.25) is 0 Å². The lowest BCUT2D eigenvalue weighted by atomic mass is 9.85. The number of hydrogen-bond acceptors (Lipinski definition) is 3. The molecule has 1 aliphatic rings. The Balaban J connectivity index is 2.02. The maximum Gasteiger partial charge on any atom is 0.253 e. The summed E-state index contributed by atoms with van der Waals surface area (Å²) in [4.78, 5) is 12.1. The van der Waals surface area contributed by atoms with Gasteiger partial charge < -0.3 is 15.5 Å². The maximum atomic E-state index is 12.1. The first-order valence-corrected chi connectivity index (χ1v) is 7.35. The minimum Gasteiger partial charge on any atom is -0.396 e. The number of rotatable bonds is 4. The highest BCUT2D eigenvalue weighted by Gasteiger charge is 2.28. The Labute approximate surface area is 123 Å². The van der Waals surface area contributed by atoms with E-state index in [1.807, 2.05) is 0 Å². The lowest BCUT2D eigenvalue weighted by Crippen LogP contribution is -2.45. The molecule has 3 atom stereocenters. The monoisotopic (exact) mass is 297 g/mol. The molecule has 20 heavy (non-hydrogen) atoms. The fourth-order valence-electron chi connectivity index (χ4n) is 2.72. The molecule has 3 N–H and O–H groups in total. The second kappa shape index (κ2) is 7.07. The summed E-state index contributed by atoms with van der Waals surface area (Å²) in [6.45, 7) is 0.0626. The van der Waals surface area contributed by atoms with Gasteiger partial charge in [0.1, 0.15) is 0 Å². The van der Waals surface area contributed by atoms with E-state index in [0.29, 0.717) is 10.6 Å². The van der Waals surface area contributed by atoms with Crippen LogP contribution in [0.3, 0.4) is 0 Å². The molecule has 1 aliphatic carbocycles. The summed E-state index contributed by atoms with van der Waals surface area (Å²) in [6, 6.07) is 6.69. The highest BCUT2D eigenvalue weighted by atomic mass is 35.5. The average molecular weight is 298 g/mol. The maximum absolute atomic E-state index is 12.1. The number of amides is 1. The molecule has 0 aliphatic heterocycles. The average Bonchev–Trinajstić information content (AvgIpc) is 2.47. The highest BCUT2D eigenvalue weighted by molar-refractivity contribution is 6.31. The molecule has 1 aromatic carbocycles. The predicted octanol–water partition coefficient (Wildman–Crippen LogP) is 2.04. The number of benzene rings is 1. The van der Waals surface area contributed by atoms with Crippen LogP contribution in [-0.2, 0) is 4.79 Å². The van der Waals surface area contributed by atoms with E-state index in [2.05, 4.69) is 5.32 Å². The van der Waals surface area contributed by atoms with Gasteiger partial charge in [0, 0.05) is 29.2 Å². The molecule has 1 fully saturated rings. The number of halogens is 1. The minimum atomic E-state index is -1.27. The summed E-state index contributed by atoms with van der Waals surface area (Å²) < 4.78 is 0. The van der Waals surface area contributed by atoms with Crippen molar-refractivity contribution in [1.82, 2.24) is 5.32 Å². The number of nitrogens with one attached hydrogen (secondary N) is 1. The standard InChI is InChI=1S/C15H20ClNO3/c16-12-7-3-2-6-11(12)14(19)15(20)17-13-8-4-1-5-10(13)9-18/h2-3,6-7,10,13-14,18-19H,1,4-5,8-9H2,(H,17,20)/t10?,13?,14-/m1/s1. The van der Waals surface area contributed by atoms with Gasteiger partial charge in [-0.1, -0.05) is 42.6 Å². The van der Waals surface area contributed by atoms with E-state index >= 15 is 0 Å². The van der Waals surface area contributed by atoms with Crippen LogP contribution in [0.2, 0.25) is 5.02 Å². The Bertz CT molecular complexity index is 466. The van der Waals surface area contributed by atoms with E-state index in [1.54, 1.807) is 24.3 Å². The van der Waals surface area contributed by atoms with Crippen LogP contribution in [0.1, 0.15) is 37.4 Å². The van der Waals surface area contributed by atoms with Crippen LogP contribution in [0, 0.1) is 5.92 Å². The fraction of sp³-hybridized carbons (Fsp3) is 0.533. The van der Waals surface area contributed by atoms with Gasteiger partial charge in [-0.2, -0.15) is 0 Å². The molecular weight excluding hydrogens is 278 g/mol. The first-order chi connectivity index (χ1) is 9.63. The smallest absolute Gasteiger partial charge is 0.253 e. The second-order valence-corrected chi connectivity index (χ2v) is 5.67. The summed E-state index contributed by atoms with van der Waals surface area (Å²) in [6.07, 6.45) is 2.58. The Morgan fingerprint density at radius 3 is 2.75 bits per heavy atom. The van der Waals surface area contributed by atoms with Gasteiger partial charge >= 0.3 is 0 Å². The fourth-order valence-corrected chi connectivity index (χ4v) is 2.96. The molecule has 2 rings (SSSR count). The summed E-state index contributed by atoms with van der Waals surface area (Å²) >= 11 is 5.98. The zero-order valence-corrected chi connectivity index (χ0v) is 12.0. The lowest BCUT2D eigenvalue weighted by Gasteiger charge is -2.31. The van der Waals surface area contributed by atoms with Crippen LogP contribution in [0.15, 0.2) is 24.3 Å². The number of aliphatic hydroxyl groups is 2. The third kappa shape index (κ3) is 3.51. The van der Waals surface area contributed by atoms with E-state index in [-0.39, 0.29) is 18.6 Å². The summed E-state index contributed by atoms with van der Waals surface area (Å²) in [5.41, 5.74) is 0.406. The van der Waals surface area contributed by atoms with Crippen molar-refractivity contribution in [3.05, 3.63) is 34.9 Å². The molecule has 1 aromatic rings. The largest absolute Gasteiger partial charge is 0.396 e. The van der Waals surface area contributed by atoms with Crippen molar-refractivity contribution >= 4 is 17.5 Å². The van der Waals surface area contributed by atoms with Crippen LogP contribution in [0.25, 0.3) is 0 Å². The van der Waals surface area contributed by atoms with E-state index < -0.39 is 12.0 Å². The van der Waals surface area contributed by atoms with Gasteiger partial charge in [-0.3, -0.25) is 4.79 Å². The summed E-state index contributed by atoms with van der Waals surface area (Å²) in [5, 5.41) is 22.7. The normalized spacial score (nSPS) is 24.1. The zero-order valence-electron chi connectivity index (χ0n) is 11.3. The molecular formula is C15H20ClNO3. The molecule has 0 aromatic heterocycles. The molecule has 0 spiro atoms. The van der Waals surface area contributed by atoms with E-state index in [4.69, 9.17) is 11.6 Å². The molecule has 2 unspecified atom stereocenters. The molecule has 1 amide bonds. The number of aliphatic hydroxyl groups excluding tert-OH is 2. The Morgan fingerprint density at radius 2 is 2.05 bits per heavy atom. The molecule has 0 radical (unpaired) electrons. The Kier molecular flexibility index (Phi) is 5.40. The predicted molar refractivity (Wildman–Crippen MR) is 77.4 cm³/mol. The first kappa shape index (κ1) is 15.3. The van der Waals surface area contributed by atoms with Gasteiger partial charge in [0.15, 0.2) is 6.10 Å². The van der Waals surface area contributed by atoms with Gasteiger partial charge in [-0.05, 0) is 18.9 Å². The quantitative estimate of drug-likeness (QED) is 0.796. The topological polar surface area (TPSA) is 69.6 Å².